The van der Waals surface area contributed by atoms with Crippen LogP contribution in [0.4, 0.5) is 4.39 Å². The number of imidazole rings is 1. The minimum Gasteiger partial charge on any atom is -0.501 e. The number of ether oxygens (including phenoxy) is 1. The van der Waals surface area contributed by atoms with Crippen molar-refractivity contribution in [1.82, 2.24) is 23.8 Å². The zero-order valence-corrected chi connectivity index (χ0v) is 21.1. The molecule has 0 unspecified atom stereocenters. The Morgan fingerprint density at radius 3 is 2.75 bits per heavy atom. The van der Waals surface area contributed by atoms with Gasteiger partial charge in [-0.05, 0) is 31.5 Å². The highest BCUT2D eigenvalue weighted by molar-refractivity contribution is 7.15. The Morgan fingerprint density at radius 2 is 2.03 bits per heavy atom. The van der Waals surface area contributed by atoms with Gasteiger partial charge >= 0.3 is 5.56 Å². The highest BCUT2D eigenvalue weighted by atomic mass is 35.5. The summed E-state index contributed by atoms with van der Waals surface area (Å²) in [7, 11) is 0. The summed E-state index contributed by atoms with van der Waals surface area (Å²) in [6.07, 6.45) is 4.99. The Morgan fingerprint density at radius 1 is 1.28 bits per heavy atom. The quantitative estimate of drug-likeness (QED) is 0.424. The zero-order chi connectivity index (χ0) is 25.6. The molecule has 1 aromatic carbocycles. The fourth-order valence-corrected chi connectivity index (χ4v) is 5.45. The highest BCUT2D eigenvalue weighted by Gasteiger charge is 2.27. The van der Waals surface area contributed by atoms with Gasteiger partial charge in [0.2, 0.25) is 17.4 Å². The molecule has 4 heterocycles. The summed E-state index contributed by atoms with van der Waals surface area (Å²) in [5.41, 5.74) is 0.176. The maximum atomic E-state index is 13.5. The minimum atomic E-state index is -0.656. The third kappa shape index (κ3) is 4.73. The molecule has 4 aromatic rings. The predicted octanol–water partition coefficient (Wildman–Crippen LogP) is 3.34. The second-order valence-corrected chi connectivity index (χ2v) is 10.3. The molecule has 12 heteroatoms. The highest BCUT2D eigenvalue weighted by Crippen LogP contribution is 2.30. The van der Waals surface area contributed by atoms with Crippen LogP contribution in [0.15, 0.2) is 41.6 Å². The lowest BCUT2D eigenvalue weighted by atomic mass is 10.1. The molecular weight excluding hydrogens is 509 g/mol. The molecule has 0 radical (unpaired) electrons. The van der Waals surface area contributed by atoms with E-state index in [1.807, 2.05) is 13.8 Å². The van der Waals surface area contributed by atoms with Gasteiger partial charge in [0, 0.05) is 43.0 Å². The number of amides is 1. The van der Waals surface area contributed by atoms with E-state index in [0.29, 0.717) is 24.5 Å². The average Bonchev–Trinajstić information content (AvgIpc) is 3.45. The average molecular weight is 532 g/mol. The minimum absolute atomic E-state index is 0.0129. The van der Waals surface area contributed by atoms with Crippen molar-refractivity contribution in [2.75, 3.05) is 13.1 Å². The van der Waals surface area contributed by atoms with Crippen LogP contribution in [0.1, 0.15) is 24.3 Å². The van der Waals surface area contributed by atoms with Gasteiger partial charge in [-0.25, -0.2) is 18.8 Å². The van der Waals surface area contributed by atoms with Gasteiger partial charge in [0.05, 0.1) is 17.2 Å². The van der Waals surface area contributed by atoms with Crippen LogP contribution in [0.5, 0.6) is 5.75 Å². The maximum Gasteiger partial charge on any atom is 0.302 e. The zero-order valence-electron chi connectivity index (χ0n) is 19.5. The number of carbonyl (C=O) groups is 1. The van der Waals surface area contributed by atoms with Crippen LogP contribution < -0.4 is 5.56 Å². The van der Waals surface area contributed by atoms with Gasteiger partial charge in [0.25, 0.3) is 0 Å². The molecule has 1 amide bonds. The fraction of sp³-hybridized carbons (Fsp3) is 0.333. The number of carbonyl (C=O) groups excluding carboxylic acids is 1. The van der Waals surface area contributed by atoms with Gasteiger partial charge in [0.1, 0.15) is 17.4 Å². The molecule has 0 aliphatic carbocycles. The van der Waals surface area contributed by atoms with Gasteiger partial charge in [-0.2, -0.15) is 0 Å². The van der Waals surface area contributed by atoms with Crippen LogP contribution in [-0.4, -0.2) is 60.1 Å². The molecule has 0 spiro atoms. The molecule has 1 saturated heterocycles. The molecular formula is C24H23ClFN5O4S. The van der Waals surface area contributed by atoms with Gasteiger partial charge in [0.15, 0.2) is 5.69 Å². The van der Waals surface area contributed by atoms with Crippen molar-refractivity contribution in [3.05, 3.63) is 68.4 Å². The molecule has 3 aromatic heterocycles. The van der Waals surface area contributed by atoms with Crippen molar-refractivity contribution in [2.24, 2.45) is 0 Å². The van der Waals surface area contributed by atoms with E-state index < -0.39 is 17.1 Å². The van der Waals surface area contributed by atoms with E-state index in [4.69, 9.17) is 16.3 Å². The largest absolute Gasteiger partial charge is 0.501 e. The molecule has 1 aliphatic heterocycles. The molecule has 36 heavy (non-hydrogen) atoms. The molecule has 0 saturated carbocycles. The van der Waals surface area contributed by atoms with Gasteiger partial charge in [-0.1, -0.05) is 17.7 Å². The lowest BCUT2D eigenvalue weighted by Gasteiger charge is -2.35. The number of morpholine rings is 1. The number of thiazole rings is 1. The Labute approximate surface area is 214 Å². The van der Waals surface area contributed by atoms with Crippen LogP contribution in [0.2, 0.25) is 5.02 Å². The first kappa shape index (κ1) is 24.4. The monoisotopic (exact) mass is 531 g/mol. The smallest absolute Gasteiger partial charge is 0.302 e. The van der Waals surface area contributed by atoms with Crippen LogP contribution in [-0.2, 0) is 22.5 Å². The van der Waals surface area contributed by atoms with Crippen molar-refractivity contribution in [3.8, 4) is 16.5 Å². The third-order valence-corrected chi connectivity index (χ3v) is 7.22. The number of aromatic hydroxyl groups is 1. The predicted molar refractivity (Wildman–Crippen MR) is 133 cm³/mol. The molecule has 0 bridgehead atoms. The molecule has 9 nitrogen and oxygen atoms in total. The van der Waals surface area contributed by atoms with E-state index in [9.17, 15) is 19.1 Å². The van der Waals surface area contributed by atoms with Crippen molar-refractivity contribution in [1.29, 1.82) is 0 Å². The number of hydrogen-bond acceptors (Lipinski definition) is 7. The first-order valence-electron chi connectivity index (χ1n) is 11.3. The van der Waals surface area contributed by atoms with Gasteiger partial charge in [-0.15, -0.1) is 11.3 Å². The summed E-state index contributed by atoms with van der Waals surface area (Å²) in [5.74, 6) is -0.920. The second-order valence-electron chi connectivity index (χ2n) is 8.82. The summed E-state index contributed by atoms with van der Waals surface area (Å²) >= 11 is 7.13. The Hall–Kier alpha value is -3.28. The molecule has 5 rings (SSSR count). The van der Waals surface area contributed by atoms with Crippen molar-refractivity contribution in [2.45, 2.75) is 39.0 Å². The summed E-state index contributed by atoms with van der Waals surface area (Å²) in [4.78, 5) is 37.2. The van der Waals surface area contributed by atoms with Crippen LogP contribution >= 0.6 is 22.9 Å². The standard InChI is InChI=1S/C24H23ClFN5O4S/c1-13-10-30(11-14(2)35-13)19(32)12-29-5-6-31-23(34)21(33)20(28-24(29)31)22-27-9-16(36-22)7-15-3-4-18(26)17(25)8-15/h3-6,8-9,13-14,33H,7,10-12H2,1-2H3/t13-,14-/m0/s1. The number of nitrogens with zero attached hydrogens (tertiary/aromatic N) is 5. The Balaban J connectivity index is 1.43. The number of benzene rings is 1. The van der Waals surface area contributed by atoms with Gasteiger partial charge < -0.3 is 19.3 Å². The fourth-order valence-electron chi connectivity index (χ4n) is 4.31. The molecule has 2 atom stereocenters. The van der Waals surface area contributed by atoms with E-state index in [0.717, 1.165) is 10.4 Å². The number of fused-ring (bicyclic) bond motifs is 1. The first-order valence-corrected chi connectivity index (χ1v) is 12.5. The van der Waals surface area contributed by atoms with Crippen LogP contribution in [0.25, 0.3) is 16.5 Å². The van der Waals surface area contributed by atoms with Crippen molar-refractivity contribution < 1.29 is 19.0 Å². The van der Waals surface area contributed by atoms with E-state index in [-0.39, 0.29) is 41.2 Å². The summed E-state index contributed by atoms with van der Waals surface area (Å²) in [6, 6.07) is 4.48. The van der Waals surface area contributed by atoms with E-state index in [1.165, 1.54) is 28.0 Å². The second kappa shape index (κ2) is 9.64. The number of halogens is 2. The lowest BCUT2D eigenvalue weighted by Crippen LogP contribution is -2.49. The number of aromatic nitrogens is 4. The Bertz CT molecular complexity index is 1510. The van der Waals surface area contributed by atoms with E-state index >= 15 is 0 Å². The molecule has 188 valence electrons. The summed E-state index contributed by atoms with van der Waals surface area (Å²) in [5, 5.41) is 11.0. The molecule has 1 aliphatic rings. The first-order chi connectivity index (χ1) is 17.2. The van der Waals surface area contributed by atoms with Crippen molar-refractivity contribution in [3.63, 3.8) is 0 Å². The van der Waals surface area contributed by atoms with E-state index in [2.05, 4.69) is 9.97 Å². The Kier molecular flexibility index (Phi) is 6.54. The van der Waals surface area contributed by atoms with Gasteiger partial charge in [-0.3, -0.25) is 9.59 Å². The van der Waals surface area contributed by atoms with Crippen LogP contribution in [0, 0.1) is 5.82 Å². The van der Waals surface area contributed by atoms with Crippen molar-refractivity contribution >= 4 is 34.6 Å². The van der Waals surface area contributed by atoms with Crippen LogP contribution in [0.3, 0.4) is 0 Å². The molecule has 1 fully saturated rings. The maximum absolute atomic E-state index is 13.5. The van der Waals surface area contributed by atoms with E-state index in [1.54, 1.807) is 34.0 Å². The number of hydrogen-bond donors (Lipinski definition) is 1. The summed E-state index contributed by atoms with van der Waals surface area (Å²) < 4.78 is 21.9. The lowest BCUT2D eigenvalue weighted by molar-refractivity contribution is -0.143. The topological polar surface area (TPSA) is 102 Å². The third-order valence-electron chi connectivity index (χ3n) is 5.92. The SMILES string of the molecule is C[C@H]1CN(C(=O)Cn2ccn3c(=O)c(O)c(-c4ncc(Cc5ccc(F)c(Cl)c5)s4)nc23)C[C@H](C)O1. The molecule has 1 N–H and O–H groups in total. The normalized spacial score (nSPS) is 18.2. The summed E-state index contributed by atoms with van der Waals surface area (Å²) in [6.45, 7) is 4.81. The number of rotatable bonds is 5.